The van der Waals surface area contributed by atoms with Gasteiger partial charge in [0.1, 0.15) is 5.69 Å². The number of nitrogens with zero attached hydrogens (tertiary/aromatic N) is 4. The molecular formula is C19H27N5O2. The van der Waals surface area contributed by atoms with Crippen LogP contribution in [0.4, 0.5) is 4.79 Å². The monoisotopic (exact) mass is 357 g/mol. The zero-order valence-corrected chi connectivity index (χ0v) is 15.5. The lowest BCUT2D eigenvalue weighted by Crippen LogP contribution is -2.50. The third kappa shape index (κ3) is 4.82. The summed E-state index contributed by atoms with van der Waals surface area (Å²) in [6.45, 7) is 5.72. The maximum Gasteiger partial charge on any atom is 0.317 e. The molecule has 1 fully saturated rings. The Bertz CT molecular complexity index is 701. The van der Waals surface area contributed by atoms with Gasteiger partial charge in [-0.25, -0.2) is 4.79 Å². The zero-order valence-electron chi connectivity index (χ0n) is 15.5. The molecule has 2 aromatic heterocycles. The lowest BCUT2D eigenvalue weighted by atomic mass is 10.1. The molecule has 7 nitrogen and oxygen atoms in total. The Kier molecular flexibility index (Phi) is 6.22. The van der Waals surface area contributed by atoms with Crippen LogP contribution in [0.3, 0.4) is 0 Å². The van der Waals surface area contributed by atoms with Crippen LogP contribution in [0.2, 0.25) is 0 Å². The Morgan fingerprint density at radius 1 is 1.50 bits per heavy atom. The highest BCUT2D eigenvalue weighted by atomic mass is 16.5. The molecule has 1 atom stereocenters. The number of carbonyl (C=O) groups is 1. The summed E-state index contributed by atoms with van der Waals surface area (Å²) >= 11 is 0. The predicted molar refractivity (Wildman–Crippen MR) is 99.5 cm³/mol. The summed E-state index contributed by atoms with van der Waals surface area (Å²) in [5.74, 6) is 0.651. The Balaban J connectivity index is 1.52. The van der Waals surface area contributed by atoms with E-state index in [0.29, 0.717) is 12.3 Å². The lowest BCUT2D eigenvalue weighted by molar-refractivity contribution is 0.169. The third-order valence-corrected chi connectivity index (χ3v) is 4.63. The second-order valence-electron chi connectivity index (χ2n) is 6.87. The maximum atomic E-state index is 12.5. The summed E-state index contributed by atoms with van der Waals surface area (Å²) in [5, 5.41) is 7.20. The van der Waals surface area contributed by atoms with E-state index in [1.165, 1.54) is 0 Å². The number of rotatable bonds is 6. The van der Waals surface area contributed by atoms with Crippen molar-refractivity contribution in [2.75, 3.05) is 26.7 Å². The van der Waals surface area contributed by atoms with Crippen LogP contribution in [0.25, 0.3) is 11.3 Å². The van der Waals surface area contributed by atoms with E-state index in [1.807, 2.05) is 18.2 Å². The first-order chi connectivity index (χ1) is 12.7. The van der Waals surface area contributed by atoms with Gasteiger partial charge in [0.15, 0.2) is 5.76 Å². The molecule has 0 spiro atoms. The van der Waals surface area contributed by atoms with Gasteiger partial charge in [-0.1, -0.05) is 12.1 Å². The molecule has 1 aliphatic rings. The quantitative estimate of drug-likeness (QED) is 0.860. The fourth-order valence-electron chi connectivity index (χ4n) is 3.32. The fourth-order valence-corrected chi connectivity index (χ4v) is 3.32. The first-order valence-electron chi connectivity index (χ1n) is 9.25. The summed E-state index contributed by atoms with van der Waals surface area (Å²) in [7, 11) is 1.77. The summed E-state index contributed by atoms with van der Waals surface area (Å²) in [4.78, 5) is 20.6. The van der Waals surface area contributed by atoms with Crippen LogP contribution in [0, 0.1) is 0 Å². The normalized spacial score (nSPS) is 17.8. The second kappa shape index (κ2) is 8.80. The van der Waals surface area contributed by atoms with Crippen LogP contribution < -0.4 is 5.32 Å². The first-order valence-corrected chi connectivity index (χ1v) is 9.25. The van der Waals surface area contributed by atoms with Crippen molar-refractivity contribution in [2.24, 2.45) is 0 Å². The molecule has 7 heteroatoms. The number of hydrogen-bond donors (Lipinski definition) is 1. The van der Waals surface area contributed by atoms with E-state index >= 15 is 0 Å². The second-order valence-corrected chi connectivity index (χ2v) is 6.87. The summed E-state index contributed by atoms with van der Waals surface area (Å²) in [6, 6.07) is 5.77. The molecule has 1 N–H and O–H groups in total. The standard InChI is InChI=1S/C19H27N5O2/c1-3-9-24-10-5-7-16(13-24)21-19(25)23(2)14-17-11-18(22-26-17)15-6-4-8-20-12-15/h4,6,8,11-12,16H,3,5,7,9-10,13-14H2,1-2H3,(H,21,25)/t16-/m1/s1. The number of urea groups is 1. The van der Waals surface area contributed by atoms with Gasteiger partial charge in [0, 0.05) is 43.7 Å². The van der Waals surface area contributed by atoms with Crippen LogP contribution >= 0.6 is 0 Å². The molecule has 1 aliphatic heterocycles. The lowest BCUT2D eigenvalue weighted by Gasteiger charge is -2.33. The van der Waals surface area contributed by atoms with Crippen molar-refractivity contribution in [3.63, 3.8) is 0 Å². The van der Waals surface area contributed by atoms with Crippen molar-refractivity contribution in [3.8, 4) is 11.3 Å². The van der Waals surface area contributed by atoms with Crippen molar-refractivity contribution >= 4 is 6.03 Å². The minimum atomic E-state index is -0.0762. The number of pyridine rings is 1. The highest BCUT2D eigenvalue weighted by Gasteiger charge is 2.22. The van der Waals surface area contributed by atoms with Crippen LogP contribution in [-0.4, -0.2) is 58.7 Å². The van der Waals surface area contributed by atoms with Crippen LogP contribution in [-0.2, 0) is 6.54 Å². The van der Waals surface area contributed by atoms with E-state index in [-0.39, 0.29) is 12.1 Å². The van der Waals surface area contributed by atoms with E-state index in [1.54, 1.807) is 24.3 Å². The van der Waals surface area contributed by atoms with E-state index in [2.05, 4.69) is 27.3 Å². The van der Waals surface area contributed by atoms with E-state index < -0.39 is 0 Å². The molecule has 0 radical (unpaired) electrons. The molecule has 1 saturated heterocycles. The van der Waals surface area contributed by atoms with Gasteiger partial charge >= 0.3 is 6.03 Å². The molecule has 2 amide bonds. The molecule has 0 saturated carbocycles. The molecule has 0 bridgehead atoms. The van der Waals surface area contributed by atoms with Crippen molar-refractivity contribution in [2.45, 2.75) is 38.8 Å². The number of carbonyl (C=O) groups excluding carboxylic acids is 1. The van der Waals surface area contributed by atoms with Crippen molar-refractivity contribution < 1.29 is 9.32 Å². The molecule has 0 aromatic carbocycles. The zero-order chi connectivity index (χ0) is 18.4. The van der Waals surface area contributed by atoms with Crippen LogP contribution in [0.15, 0.2) is 35.1 Å². The maximum absolute atomic E-state index is 12.5. The minimum Gasteiger partial charge on any atom is -0.359 e. The number of nitrogens with one attached hydrogen (secondary N) is 1. The fraction of sp³-hybridized carbons (Fsp3) is 0.526. The molecule has 0 aliphatic carbocycles. The van der Waals surface area contributed by atoms with Crippen molar-refractivity contribution in [1.29, 1.82) is 0 Å². The van der Waals surface area contributed by atoms with Gasteiger partial charge < -0.3 is 19.6 Å². The van der Waals surface area contributed by atoms with Crippen molar-refractivity contribution in [1.82, 2.24) is 25.3 Å². The number of aromatic nitrogens is 2. The summed E-state index contributed by atoms with van der Waals surface area (Å²) in [6.07, 6.45) is 6.77. The Hall–Kier alpha value is -2.41. The minimum absolute atomic E-state index is 0.0762. The largest absolute Gasteiger partial charge is 0.359 e. The van der Waals surface area contributed by atoms with Crippen molar-refractivity contribution in [3.05, 3.63) is 36.4 Å². The van der Waals surface area contributed by atoms with Gasteiger partial charge in [0.2, 0.25) is 0 Å². The Labute approximate surface area is 154 Å². The number of likely N-dealkylation sites (tertiary alicyclic amines) is 1. The van der Waals surface area contributed by atoms with Gasteiger partial charge in [-0.3, -0.25) is 4.98 Å². The average molecular weight is 357 g/mol. The molecule has 3 rings (SSSR count). The van der Waals surface area contributed by atoms with Crippen LogP contribution in [0.5, 0.6) is 0 Å². The highest BCUT2D eigenvalue weighted by Crippen LogP contribution is 2.18. The Morgan fingerprint density at radius 2 is 2.38 bits per heavy atom. The number of piperidine rings is 1. The van der Waals surface area contributed by atoms with Gasteiger partial charge in [0.05, 0.1) is 6.54 Å². The van der Waals surface area contributed by atoms with Gasteiger partial charge in [-0.05, 0) is 44.5 Å². The molecule has 0 unspecified atom stereocenters. The predicted octanol–water partition coefficient (Wildman–Crippen LogP) is 2.75. The Morgan fingerprint density at radius 3 is 3.15 bits per heavy atom. The molecule has 140 valence electrons. The molecular weight excluding hydrogens is 330 g/mol. The summed E-state index contributed by atoms with van der Waals surface area (Å²) in [5.41, 5.74) is 1.62. The molecule has 2 aromatic rings. The SMILES string of the molecule is CCCN1CCC[C@@H](NC(=O)N(C)Cc2cc(-c3cccnc3)no2)C1. The molecule has 26 heavy (non-hydrogen) atoms. The summed E-state index contributed by atoms with van der Waals surface area (Å²) < 4.78 is 5.37. The first kappa shape index (κ1) is 18.4. The van der Waals surface area contributed by atoms with E-state index in [4.69, 9.17) is 4.52 Å². The molecule has 3 heterocycles. The van der Waals surface area contributed by atoms with Gasteiger partial charge in [-0.15, -0.1) is 0 Å². The smallest absolute Gasteiger partial charge is 0.317 e. The third-order valence-electron chi connectivity index (χ3n) is 4.63. The van der Waals surface area contributed by atoms with Crippen LogP contribution in [0.1, 0.15) is 31.9 Å². The van der Waals surface area contributed by atoms with E-state index in [9.17, 15) is 4.79 Å². The number of hydrogen-bond acceptors (Lipinski definition) is 5. The number of amides is 2. The average Bonchev–Trinajstić information content (AvgIpc) is 3.11. The van der Waals surface area contributed by atoms with E-state index in [0.717, 1.165) is 50.2 Å². The van der Waals surface area contributed by atoms with Gasteiger partial charge in [0.25, 0.3) is 0 Å². The highest BCUT2D eigenvalue weighted by molar-refractivity contribution is 5.74. The van der Waals surface area contributed by atoms with Gasteiger partial charge in [-0.2, -0.15) is 0 Å². The topological polar surface area (TPSA) is 74.5 Å².